The first kappa shape index (κ1) is 11.3. The summed E-state index contributed by atoms with van der Waals surface area (Å²) in [6.45, 7) is 0. The molecule has 0 unspecified atom stereocenters. The van der Waals surface area contributed by atoms with Crippen LogP contribution in [0, 0.1) is 0 Å². The Balaban J connectivity index is 3.07. The van der Waals surface area contributed by atoms with Crippen molar-refractivity contribution >= 4 is 49.6 Å². The number of anilines is 1. The number of hydrogen-bond donors (Lipinski definition) is 2. The molecule has 0 bridgehead atoms. The van der Waals surface area contributed by atoms with Gasteiger partial charge in [0.25, 0.3) is 0 Å². The zero-order valence-corrected chi connectivity index (χ0v) is 10.2. The van der Waals surface area contributed by atoms with E-state index in [9.17, 15) is 4.79 Å². The largest absolute Gasteiger partial charge is 0.478 e. The molecule has 14 heavy (non-hydrogen) atoms. The van der Waals surface area contributed by atoms with Crippen LogP contribution in [0.3, 0.4) is 0 Å². The first-order valence-electron chi connectivity index (χ1n) is 3.66. The monoisotopic (exact) mass is 319 g/mol. The molecule has 1 rings (SSSR count). The summed E-state index contributed by atoms with van der Waals surface area (Å²) in [5, 5.41) is 8.43. The van der Waals surface area contributed by atoms with Crippen molar-refractivity contribution in [2.24, 2.45) is 0 Å². The summed E-state index contributed by atoms with van der Waals surface area (Å²) in [5.74, 6) is -0.978. The molecule has 0 radical (unpaired) electrons. The van der Waals surface area contributed by atoms with E-state index in [2.05, 4.69) is 31.9 Å². The summed E-state index contributed by atoms with van der Waals surface area (Å²) in [7, 11) is 0. The van der Waals surface area contributed by atoms with Crippen molar-refractivity contribution in [1.82, 2.24) is 0 Å². The Labute approximate surface area is 97.9 Å². The maximum atomic E-state index is 10.3. The quantitative estimate of drug-likeness (QED) is 0.650. The highest BCUT2D eigenvalue weighted by Crippen LogP contribution is 2.29. The fraction of sp³-hybridized carbons (Fsp3) is 0. The summed E-state index contributed by atoms with van der Waals surface area (Å²) in [5.41, 5.74) is 7.03. The SMILES string of the molecule is Nc1c(Br)cc(C=CC(=O)O)cc1Br. The van der Waals surface area contributed by atoms with Gasteiger partial charge in [0.1, 0.15) is 0 Å². The Hall–Kier alpha value is -0.810. The minimum Gasteiger partial charge on any atom is -0.478 e. The van der Waals surface area contributed by atoms with Crippen LogP contribution in [0.4, 0.5) is 5.69 Å². The molecule has 3 nitrogen and oxygen atoms in total. The first-order valence-corrected chi connectivity index (χ1v) is 5.25. The van der Waals surface area contributed by atoms with E-state index in [0.29, 0.717) is 5.69 Å². The molecular formula is C9H7Br2NO2. The zero-order valence-electron chi connectivity index (χ0n) is 7.00. The second kappa shape index (κ2) is 4.61. The predicted octanol–water partition coefficient (Wildman–Crippen LogP) is 2.89. The minimum atomic E-state index is -0.978. The van der Waals surface area contributed by atoms with Crippen LogP contribution in [-0.4, -0.2) is 11.1 Å². The van der Waals surface area contributed by atoms with Gasteiger partial charge < -0.3 is 10.8 Å². The van der Waals surface area contributed by atoms with Gasteiger partial charge in [0, 0.05) is 15.0 Å². The van der Waals surface area contributed by atoms with E-state index in [1.54, 1.807) is 12.1 Å². The highest BCUT2D eigenvalue weighted by Gasteiger charge is 2.02. The molecule has 1 aromatic carbocycles. The lowest BCUT2D eigenvalue weighted by Crippen LogP contribution is -1.90. The number of rotatable bonds is 2. The topological polar surface area (TPSA) is 63.3 Å². The molecule has 0 atom stereocenters. The maximum Gasteiger partial charge on any atom is 0.328 e. The average molecular weight is 321 g/mol. The first-order chi connectivity index (χ1) is 6.50. The van der Waals surface area contributed by atoms with Crippen molar-refractivity contribution in [1.29, 1.82) is 0 Å². The summed E-state index contributed by atoms with van der Waals surface area (Å²) in [6, 6.07) is 3.50. The molecule has 0 saturated heterocycles. The van der Waals surface area contributed by atoms with Crippen LogP contribution in [0.25, 0.3) is 6.08 Å². The third-order valence-corrected chi connectivity index (χ3v) is 2.83. The fourth-order valence-corrected chi connectivity index (χ4v) is 2.09. The minimum absolute atomic E-state index is 0.595. The fourth-order valence-electron chi connectivity index (χ4n) is 0.868. The molecule has 0 fully saturated rings. The van der Waals surface area contributed by atoms with E-state index in [1.165, 1.54) is 6.08 Å². The second-order valence-corrected chi connectivity index (χ2v) is 4.28. The number of halogens is 2. The molecule has 0 spiro atoms. The van der Waals surface area contributed by atoms with Gasteiger partial charge in [0.05, 0.1) is 5.69 Å². The van der Waals surface area contributed by atoms with Gasteiger partial charge in [0.2, 0.25) is 0 Å². The molecule has 5 heteroatoms. The van der Waals surface area contributed by atoms with Crippen molar-refractivity contribution in [2.45, 2.75) is 0 Å². The van der Waals surface area contributed by atoms with Crippen molar-refractivity contribution < 1.29 is 9.90 Å². The average Bonchev–Trinajstić information content (AvgIpc) is 2.10. The second-order valence-electron chi connectivity index (χ2n) is 2.57. The van der Waals surface area contributed by atoms with E-state index >= 15 is 0 Å². The highest BCUT2D eigenvalue weighted by atomic mass is 79.9. The van der Waals surface area contributed by atoms with Crippen molar-refractivity contribution in [3.63, 3.8) is 0 Å². The molecule has 1 aromatic rings. The van der Waals surface area contributed by atoms with E-state index < -0.39 is 5.97 Å². The number of benzene rings is 1. The van der Waals surface area contributed by atoms with Crippen LogP contribution < -0.4 is 5.73 Å². The molecule has 0 aliphatic heterocycles. The van der Waals surface area contributed by atoms with Gasteiger partial charge in [-0.25, -0.2) is 4.79 Å². The zero-order chi connectivity index (χ0) is 10.7. The number of nitrogens with two attached hydrogens (primary N) is 1. The lowest BCUT2D eigenvalue weighted by Gasteiger charge is -2.02. The normalized spacial score (nSPS) is 10.7. The smallest absolute Gasteiger partial charge is 0.328 e. The lowest BCUT2D eigenvalue weighted by molar-refractivity contribution is -0.131. The van der Waals surface area contributed by atoms with E-state index in [-0.39, 0.29) is 0 Å². The van der Waals surface area contributed by atoms with Gasteiger partial charge in [-0.05, 0) is 55.6 Å². The number of nitrogen functional groups attached to an aromatic ring is 1. The van der Waals surface area contributed by atoms with E-state index in [0.717, 1.165) is 20.6 Å². The van der Waals surface area contributed by atoms with E-state index in [1.807, 2.05) is 0 Å². The Morgan fingerprint density at radius 1 is 1.36 bits per heavy atom. The summed E-state index contributed by atoms with van der Waals surface area (Å²) in [6.07, 6.45) is 2.57. The van der Waals surface area contributed by atoms with Crippen molar-refractivity contribution in [3.05, 3.63) is 32.7 Å². The van der Waals surface area contributed by atoms with Crippen LogP contribution in [0.2, 0.25) is 0 Å². The third-order valence-electron chi connectivity index (χ3n) is 1.52. The highest BCUT2D eigenvalue weighted by molar-refractivity contribution is 9.11. The molecule has 0 heterocycles. The van der Waals surface area contributed by atoms with Crippen LogP contribution >= 0.6 is 31.9 Å². The Kier molecular flexibility index (Phi) is 3.71. The molecule has 74 valence electrons. The van der Waals surface area contributed by atoms with Gasteiger partial charge in [0.15, 0.2) is 0 Å². The summed E-state index contributed by atoms with van der Waals surface area (Å²) >= 11 is 6.54. The molecule has 0 amide bonds. The van der Waals surface area contributed by atoms with Gasteiger partial charge >= 0.3 is 5.97 Å². The molecule has 0 aromatic heterocycles. The number of carboxylic acids is 1. The third kappa shape index (κ3) is 2.85. The molecule has 0 saturated carbocycles. The Morgan fingerprint density at radius 3 is 2.29 bits per heavy atom. The standard InChI is InChI=1S/C9H7Br2NO2/c10-6-3-5(1-2-8(13)14)4-7(11)9(6)12/h1-4H,12H2,(H,13,14). The van der Waals surface area contributed by atoms with Crippen molar-refractivity contribution in [3.8, 4) is 0 Å². The maximum absolute atomic E-state index is 10.3. The molecule has 0 aliphatic carbocycles. The van der Waals surface area contributed by atoms with Crippen LogP contribution in [-0.2, 0) is 4.79 Å². The van der Waals surface area contributed by atoms with Gasteiger partial charge in [-0.3, -0.25) is 0 Å². The van der Waals surface area contributed by atoms with Gasteiger partial charge in [-0.15, -0.1) is 0 Å². The van der Waals surface area contributed by atoms with Gasteiger partial charge in [-0.1, -0.05) is 0 Å². The van der Waals surface area contributed by atoms with Crippen LogP contribution in [0.5, 0.6) is 0 Å². The number of carboxylic acid groups (broad SMARTS) is 1. The molecule has 3 N–H and O–H groups in total. The number of carbonyl (C=O) groups is 1. The van der Waals surface area contributed by atoms with E-state index in [4.69, 9.17) is 10.8 Å². The van der Waals surface area contributed by atoms with Crippen molar-refractivity contribution in [2.75, 3.05) is 5.73 Å². The summed E-state index contributed by atoms with van der Waals surface area (Å²) < 4.78 is 1.47. The lowest BCUT2D eigenvalue weighted by atomic mass is 10.2. The molecule has 0 aliphatic rings. The summed E-state index contributed by atoms with van der Waals surface area (Å²) in [4.78, 5) is 10.3. The number of hydrogen-bond acceptors (Lipinski definition) is 2. The van der Waals surface area contributed by atoms with Gasteiger partial charge in [-0.2, -0.15) is 0 Å². The Bertz CT molecular complexity index is 379. The van der Waals surface area contributed by atoms with Crippen LogP contribution in [0.15, 0.2) is 27.2 Å². The Morgan fingerprint density at radius 2 is 1.86 bits per heavy atom. The predicted molar refractivity (Wildman–Crippen MR) is 62.9 cm³/mol. The molecular weight excluding hydrogens is 314 g/mol. The van der Waals surface area contributed by atoms with Crippen LogP contribution in [0.1, 0.15) is 5.56 Å². The number of aliphatic carboxylic acids is 1.